The Morgan fingerprint density at radius 2 is 2.39 bits per heavy atom. The van der Waals surface area contributed by atoms with Gasteiger partial charge in [-0.05, 0) is 28.9 Å². The van der Waals surface area contributed by atoms with Crippen LogP contribution in [0.2, 0.25) is 0 Å². The van der Waals surface area contributed by atoms with Crippen molar-refractivity contribution in [1.29, 1.82) is 0 Å². The van der Waals surface area contributed by atoms with Crippen LogP contribution in [0.25, 0.3) is 10.3 Å². The SMILES string of the molecule is C=CCNC(=O)Nc1nc2cc(Br)c(C)nc2s1. The highest BCUT2D eigenvalue weighted by atomic mass is 79.9. The second-order valence-electron chi connectivity index (χ2n) is 3.52. The first-order valence-corrected chi connectivity index (χ1v) is 6.80. The molecule has 0 unspecified atom stereocenters. The molecule has 2 aromatic rings. The summed E-state index contributed by atoms with van der Waals surface area (Å²) in [4.78, 5) is 20.9. The molecule has 0 saturated carbocycles. The number of carbonyl (C=O) groups excluding carboxylic acids is 1. The quantitative estimate of drug-likeness (QED) is 0.852. The van der Waals surface area contributed by atoms with E-state index in [0.717, 1.165) is 20.5 Å². The highest BCUT2D eigenvalue weighted by molar-refractivity contribution is 9.10. The summed E-state index contributed by atoms with van der Waals surface area (Å²) in [6.07, 6.45) is 1.61. The van der Waals surface area contributed by atoms with Crippen LogP contribution >= 0.6 is 27.3 Å². The van der Waals surface area contributed by atoms with Crippen molar-refractivity contribution < 1.29 is 4.79 Å². The maximum absolute atomic E-state index is 11.4. The monoisotopic (exact) mass is 326 g/mol. The number of carbonyl (C=O) groups is 1. The Labute approximate surface area is 116 Å². The van der Waals surface area contributed by atoms with Crippen LogP contribution in [0.3, 0.4) is 0 Å². The van der Waals surface area contributed by atoms with Crippen LogP contribution in [0.1, 0.15) is 5.69 Å². The van der Waals surface area contributed by atoms with Gasteiger partial charge in [-0.15, -0.1) is 6.58 Å². The highest BCUT2D eigenvalue weighted by Crippen LogP contribution is 2.27. The van der Waals surface area contributed by atoms with Gasteiger partial charge in [-0.3, -0.25) is 5.32 Å². The third kappa shape index (κ3) is 2.85. The minimum atomic E-state index is -0.301. The molecular weight excluding hydrogens is 316 g/mol. The second-order valence-corrected chi connectivity index (χ2v) is 5.35. The number of urea groups is 1. The number of nitrogens with zero attached hydrogens (tertiary/aromatic N) is 2. The van der Waals surface area contributed by atoms with E-state index in [-0.39, 0.29) is 6.03 Å². The summed E-state index contributed by atoms with van der Waals surface area (Å²) < 4.78 is 0.906. The summed E-state index contributed by atoms with van der Waals surface area (Å²) in [6, 6.07) is 1.59. The number of rotatable bonds is 3. The molecule has 0 saturated heterocycles. The van der Waals surface area contributed by atoms with E-state index in [4.69, 9.17) is 0 Å². The molecule has 2 heterocycles. The van der Waals surface area contributed by atoms with Crippen LogP contribution in [0, 0.1) is 6.92 Å². The predicted molar refractivity (Wildman–Crippen MR) is 77.1 cm³/mol. The lowest BCUT2D eigenvalue weighted by Crippen LogP contribution is -2.28. The number of amides is 2. The van der Waals surface area contributed by atoms with Gasteiger partial charge in [-0.25, -0.2) is 14.8 Å². The molecule has 5 nitrogen and oxygen atoms in total. The maximum atomic E-state index is 11.4. The zero-order chi connectivity index (χ0) is 13.1. The van der Waals surface area contributed by atoms with Crippen molar-refractivity contribution in [3.63, 3.8) is 0 Å². The van der Waals surface area contributed by atoms with Gasteiger partial charge in [-0.1, -0.05) is 17.4 Å². The number of aromatic nitrogens is 2. The lowest BCUT2D eigenvalue weighted by atomic mass is 10.4. The molecule has 2 rings (SSSR count). The Kier molecular flexibility index (Phi) is 3.93. The van der Waals surface area contributed by atoms with Gasteiger partial charge in [0, 0.05) is 11.0 Å². The summed E-state index contributed by atoms with van der Waals surface area (Å²) in [7, 11) is 0. The largest absolute Gasteiger partial charge is 0.334 e. The molecule has 0 aliphatic rings. The molecule has 0 atom stereocenters. The molecule has 94 valence electrons. The van der Waals surface area contributed by atoms with E-state index in [9.17, 15) is 4.79 Å². The number of halogens is 1. The smallest absolute Gasteiger partial charge is 0.321 e. The van der Waals surface area contributed by atoms with E-state index in [1.54, 1.807) is 6.08 Å². The van der Waals surface area contributed by atoms with Gasteiger partial charge in [0.1, 0.15) is 10.3 Å². The first-order chi connectivity index (χ1) is 8.60. The minimum Gasteiger partial charge on any atom is -0.334 e. The Morgan fingerprint density at radius 3 is 3.11 bits per heavy atom. The highest BCUT2D eigenvalue weighted by Gasteiger charge is 2.09. The van der Waals surface area contributed by atoms with E-state index < -0.39 is 0 Å². The van der Waals surface area contributed by atoms with Crippen molar-refractivity contribution in [3.05, 3.63) is 28.9 Å². The molecule has 2 aromatic heterocycles. The Bertz CT molecular complexity index is 571. The van der Waals surface area contributed by atoms with E-state index in [1.165, 1.54) is 11.3 Å². The van der Waals surface area contributed by atoms with Crippen LogP contribution in [-0.4, -0.2) is 22.5 Å². The molecule has 0 aliphatic heterocycles. The van der Waals surface area contributed by atoms with E-state index in [0.29, 0.717) is 11.7 Å². The standard InChI is InChI=1S/C11H11BrN4OS/c1-3-4-13-10(17)16-11-15-8-5-7(12)6(2)14-9(8)18-11/h3,5H,1,4H2,2H3,(H2,13,15,16,17). The summed E-state index contributed by atoms with van der Waals surface area (Å²) in [5.74, 6) is 0. The molecule has 2 N–H and O–H groups in total. The van der Waals surface area contributed by atoms with Crippen LogP contribution in [0.4, 0.5) is 9.93 Å². The molecular formula is C11H11BrN4OS. The summed E-state index contributed by atoms with van der Waals surface area (Å²) in [5, 5.41) is 5.80. The number of pyridine rings is 1. The first-order valence-electron chi connectivity index (χ1n) is 5.19. The second kappa shape index (κ2) is 5.45. The van der Waals surface area contributed by atoms with E-state index >= 15 is 0 Å². The Hall–Kier alpha value is -1.47. The third-order valence-corrected chi connectivity index (χ3v) is 3.82. The number of anilines is 1. The fraction of sp³-hybridized carbons (Fsp3) is 0.182. The van der Waals surface area contributed by atoms with Gasteiger partial charge in [0.15, 0.2) is 5.13 Å². The van der Waals surface area contributed by atoms with Crippen molar-refractivity contribution in [3.8, 4) is 0 Å². The lowest BCUT2D eigenvalue weighted by Gasteiger charge is -2.00. The number of fused-ring (bicyclic) bond motifs is 1. The summed E-state index contributed by atoms with van der Waals surface area (Å²) >= 11 is 4.74. The van der Waals surface area contributed by atoms with Crippen molar-refractivity contribution in [2.45, 2.75) is 6.92 Å². The average Bonchev–Trinajstić information content (AvgIpc) is 2.68. The molecule has 18 heavy (non-hydrogen) atoms. The zero-order valence-electron chi connectivity index (χ0n) is 9.66. The Balaban J connectivity index is 2.20. The topological polar surface area (TPSA) is 66.9 Å². The number of nitrogens with one attached hydrogen (secondary N) is 2. The van der Waals surface area contributed by atoms with Gasteiger partial charge in [0.2, 0.25) is 0 Å². The van der Waals surface area contributed by atoms with E-state index in [2.05, 4.69) is 43.1 Å². The van der Waals surface area contributed by atoms with Gasteiger partial charge >= 0.3 is 6.03 Å². The van der Waals surface area contributed by atoms with Crippen molar-refractivity contribution >= 4 is 48.8 Å². The third-order valence-electron chi connectivity index (χ3n) is 2.14. The maximum Gasteiger partial charge on any atom is 0.321 e. The number of aryl methyl sites for hydroxylation is 1. The van der Waals surface area contributed by atoms with Crippen LogP contribution in [-0.2, 0) is 0 Å². The number of hydrogen-bond acceptors (Lipinski definition) is 4. The lowest BCUT2D eigenvalue weighted by molar-refractivity contribution is 0.253. The summed E-state index contributed by atoms with van der Waals surface area (Å²) in [6.45, 7) is 5.85. The van der Waals surface area contributed by atoms with Gasteiger partial charge in [0.25, 0.3) is 0 Å². The molecule has 0 spiro atoms. The van der Waals surface area contributed by atoms with Crippen LogP contribution in [0.5, 0.6) is 0 Å². The van der Waals surface area contributed by atoms with Crippen LogP contribution in [0.15, 0.2) is 23.2 Å². The van der Waals surface area contributed by atoms with Crippen molar-refractivity contribution in [2.24, 2.45) is 0 Å². The van der Waals surface area contributed by atoms with Gasteiger partial charge < -0.3 is 5.32 Å². The van der Waals surface area contributed by atoms with Gasteiger partial charge in [0.05, 0.1) is 5.69 Å². The zero-order valence-corrected chi connectivity index (χ0v) is 12.1. The number of hydrogen-bond donors (Lipinski definition) is 2. The van der Waals surface area contributed by atoms with E-state index in [1.807, 2.05) is 13.0 Å². The number of thiazole rings is 1. The molecule has 0 fully saturated rings. The van der Waals surface area contributed by atoms with Crippen molar-refractivity contribution in [1.82, 2.24) is 15.3 Å². The predicted octanol–water partition coefficient (Wildman–Crippen LogP) is 3.07. The molecule has 0 aliphatic carbocycles. The van der Waals surface area contributed by atoms with Crippen molar-refractivity contribution in [2.75, 3.05) is 11.9 Å². The first kappa shape index (κ1) is 13.0. The Morgan fingerprint density at radius 1 is 1.61 bits per heavy atom. The fourth-order valence-electron chi connectivity index (χ4n) is 1.29. The normalized spacial score (nSPS) is 10.3. The fourth-order valence-corrected chi connectivity index (χ4v) is 2.46. The average molecular weight is 327 g/mol. The summed E-state index contributed by atoms with van der Waals surface area (Å²) in [5.41, 5.74) is 1.66. The van der Waals surface area contributed by atoms with Crippen LogP contribution < -0.4 is 10.6 Å². The minimum absolute atomic E-state index is 0.301. The molecule has 0 radical (unpaired) electrons. The molecule has 2 amide bonds. The molecule has 7 heteroatoms. The molecule has 0 aromatic carbocycles. The van der Waals surface area contributed by atoms with Gasteiger partial charge in [-0.2, -0.15) is 0 Å². The molecule has 0 bridgehead atoms.